The van der Waals surface area contributed by atoms with Crippen LogP contribution < -0.4 is 10.1 Å². The number of para-hydroxylation sites is 2. The first-order valence-electron chi connectivity index (χ1n) is 9.72. The molecule has 0 bridgehead atoms. The van der Waals surface area contributed by atoms with Gasteiger partial charge in [0.05, 0.1) is 29.8 Å². The highest BCUT2D eigenvalue weighted by atomic mass is 16.5. The molecular weight excluding hydrogens is 388 g/mol. The number of esters is 1. The Labute approximate surface area is 172 Å². The van der Waals surface area contributed by atoms with Crippen molar-refractivity contribution in [2.24, 2.45) is 0 Å². The second-order valence-corrected chi connectivity index (χ2v) is 7.03. The number of carbonyl (C=O) groups is 4. The molecule has 3 amide bonds. The summed E-state index contributed by atoms with van der Waals surface area (Å²) in [5.41, 5.74) is 1.41. The van der Waals surface area contributed by atoms with E-state index < -0.39 is 18.0 Å². The Morgan fingerprint density at radius 2 is 1.63 bits per heavy atom. The number of amides is 3. The molecule has 1 N–H and O–H groups in total. The number of nitrogens with zero attached hydrogens (tertiary/aromatic N) is 1. The number of unbranched alkanes of at least 4 members (excludes halogenated alkanes) is 1. The second-order valence-electron chi connectivity index (χ2n) is 7.03. The van der Waals surface area contributed by atoms with Crippen LogP contribution >= 0.6 is 0 Å². The van der Waals surface area contributed by atoms with Crippen molar-refractivity contribution >= 4 is 29.4 Å². The van der Waals surface area contributed by atoms with Crippen molar-refractivity contribution < 1.29 is 28.7 Å². The summed E-state index contributed by atoms with van der Waals surface area (Å²) in [4.78, 5) is 49.9. The molecule has 8 nitrogen and oxygen atoms in total. The smallest absolute Gasteiger partial charge is 0.310 e. The number of nitrogens with one attached hydrogen (secondary N) is 1. The van der Waals surface area contributed by atoms with Crippen LogP contribution in [0.25, 0.3) is 0 Å². The Kier molecular flexibility index (Phi) is 5.47. The van der Waals surface area contributed by atoms with E-state index in [1.54, 1.807) is 48.5 Å². The molecule has 0 aromatic heterocycles. The summed E-state index contributed by atoms with van der Waals surface area (Å²) in [5.74, 6) is -1.02. The fourth-order valence-corrected chi connectivity index (χ4v) is 3.44. The van der Waals surface area contributed by atoms with E-state index in [-0.39, 0.29) is 31.4 Å². The standard InChI is InChI=1S/C22H20N2O6/c25-19(13-18-20(26)23-16-9-3-4-10-17(16)30-18)29-12-6-5-11-24-21(27)14-7-1-2-8-15(14)22(24)28/h1-4,7-10,18H,5-6,11-13H2,(H,23,26). The highest BCUT2D eigenvalue weighted by Crippen LogP contribution is 2.29. The van der Waals surface area contributed by atoms with Gasteiger partial charge in [-0.05, 0) is 37.1 Å². The molecule has 0 saturated carbocycles. The quantitative estimate of drug-likeness (QED) is 0.429. The Bertz CT molecular complexity index is 983. The fourth-order valence-electron chi connectivity index (χ4n) is 3.44. The van der Waals surface area contributed by atoms with E-state index in [4.69, 9.17) is 9.47 Å². The third-order valence-electron chi connectivity index (χ3n) is 4.98. The lowest BCUT2D eigenvalue weighted by Gasteiger charge is -2.25. The number of carbonyl (C=O) groups excluding carboxylic acids is 4. The predicted octanol–water partition coefficient (Wildman–Crippen LogP) is 2.40. The van der Waals surface area contributed by atoms with E-state index in [0.29, 0.717) is 35.4 Å². The lowest BCUT2D eigenvalue weighted by molar-refractivity contribution is -0.147. The average Bonchev–Trinajstić information content (AvgIpc) is 2.99. The van der Waals surface area contributed by atoms with E-state index in [9.17, 15) is 19.2 Å². The number of rotatable bonds is 7. The van der Waals surface area contributed by atoms with E-state index in [1.165, 1.54) is 4.90 Å². The number of hydrogen-bond donors (Lipinski definition) is 1. The van der Waals surface area contributed by atoms with Crippen molar-refractivity contribution in [1.82, 2.24) is 4.90 Å². The minimum absolute atomic E-state index is 0.132. The van der Waals surface area contributed by atoms with Gasteiger partial charge in [0.1, 0.15) is 5.75 Å². The van der Waals surface area contributed by atoms with Crippen molar-refractivity contribution in [3.8, 4) is 5.75 Å². The van der Waals surface area contributed by atoms with Crippen LogP contribution in [0.15, 0.2) is 48.5 Å². The Hall–Kier alpha value is -3.68. The van der Waals surface area contributed by atoms with Crippen LogP contribution in [0.5, 0.6) is 5.75 Å². The molecule has 0 radical (unpaired) electrons. The molecule has 0 spiro atoms. The lowest BCUT2D eigenvalue weighted by atomic mass is 10.1. The van der Waals surface area contributed by atoms with Crippen LogP contribution in [-0.2, 0) is 14.3 Å². The Balaban J connectivity index is 1.19. The van der Waals surface area contributed by atoms with E-state index in [2.05, 4.69) is 5.32 Å². The molecule has 2 aromatic carbocycles. The SMILES string of the molecule is O=C(CC1Oc2ccccc2NC1=O)OCCCCN1C(=O)c2ccccc2C1=O. The molecular formula is C22H20N2O6. The minimum atomic E-state index is -0.939. The fraction of sp³-hybridized carbons (Fsp3) is 0.273. The molecule has 2 aromatic rings. The van der Waals surface area contributed by atoms with Gasteiger partial charge < -0.3 is 14.8 Å². The molecule has 2 aliphatic heterocycles. The molecule has 30 heavy (non-hydrogen) atoms. The van der Waals surface area contributed by atoms with Crippen molar-refractivity contribution in [3.05, 3.63) is 59.7 Å². The van der Waals surface area contributed by atoms with Gasteiger partial charge in [-0.1, -0.05) is 24.3 Å². The first kappa shape index (κ1) is 19.6. The molecule has 0 aliphatic carbocycles. The molecule has 8 heteroatoms. The number of hydrogen-bond acceptors (Lipinski definition) is 6. The molecule has 1 unspecified atom stereocenters. The molecule has 0 fully saturated rings. The van der Waals surface area contributed by atoms with Crippen LogP contribution in [0.1, 0.15) is 40.0 Å². The predicted molar refractivity (Wildman–Crippen MR) is 106 cm³/mol. The zero-order valence-electron chi connectivity index (χ0n) is 16.1. The highest BCUT2D eigenvalue weighted by molar-refractivity contribution is 6.21. The normalized spacial score (nSPS) is 17.1. The summed E-state index contributed by atoms with van der Waals surface area (Å²) in [6, 6.07) is 13.7. The third kappa shape index (κ3) is 3.89. The molecule has 2 aliphatic rings. The van der Waals surface area contributed by atoms with Crippen LogP contribution in [0, 0.1) is 0 Å². The largest absolute Gasteiger partial charge is 0.478 e. The first-order valence-corrected chi connectivity index (χ1v) is 9.72. The number of ether oxygens (including phenoxy) is 2. The van der Waals surface area contributed by atoms with Gasteiger partial charge in [-0.3, -0.25) is 24.1 Å². The van der Waals surface area contributed by atoms with Gasteiger partial charge in [-0.25, -0.2) is 0 Å². The molecule has 4 rings (SSSR count). The Morgan fingerprint density at radius 3 is 2.37 bits per heavy atom. The average molecular weight is 408 g/mol. The molecule has 0 saturated heterocycles. The maximum atomic E-state index is 12.3. The second kappa shape index (κ2) is 8.36. The van der Waals surface area contributed by atoms with Gasteiger partial charge in [-0.15, -0.1) is 0 Å². The van der Waals surface area contributed by atoms with Gasteiger partial charge in [-0.2, -0.15) is 0 Å². The third-order valence-corrected chi connectivity index (χ3v) is 4.98. The van der Waals surface area contributed by atoms with E-state index in [1.807, 2.05) is 0 Å². The number of imide groups is 1. The highest BCUT2D eigenvalue weighted by Gasteiger charge is 2.34. The Morgan fingerprint density at radius 1 is 0.967 bits per heavy atom. The number of anilines is 1. The molecule has 1 atom stereocenters. The zero-order chi connectivity index (χ0) is 21.1. The summed E-state index contributed by atoms with van der Waals surface area (Å²) >= 11 is 0. The van der Waals surface area contributed by atoms with Gasteiger partial charge >= 0.3 is 5.97 Å². The van der Waals surface area contributed by atoms with Gasteiger partial charge in [0.25, 0.3) is 17.7 Å². The van der Waals surface area contributed by atoms with E-state index >= 15 is 0 Å². The lowest BCUT2D eigenvalue weighted by Crippen LogP contribution is -2.38. The van der Waals surface area contributed by atoms with Crippen molar-refractivity contribution in [3.63, 3.8) is 0 Å². The number of benzene rings is 2. The topological polar surface area (TPSA) is 102 Å². The van der Waals surface area contributed by atoms with Crippen molar-refractivity contribution in [2.75, 3.05) is 18.5 Å². The van der Waals surface area contributed by atoms with E-state index in [0.717, 1.165) is 0 Å². The van der Waals surface area contributed by atoms with Crippen LogP contribution in [0.2, 0.25) is 0 Å². The summed E-state index contributed by atoms with van der Waals surface area (Å²) in [7, 11) is 0. The van der Waals surface area contributed by atoms with Gasteiger partial charge in [0.15, 0.2) is 6.10 Å². The maximum Gasteiger partial charge on any atom is 0.310 e. The summed E-state index contributed by atoms with van der Waals surface area (Å²) in [6.07, 6.45) is -0.143. The van der Waals surface area contributed by atoms with Crippen molar-refractivity contribution in [2.45, 2.75) is 25.4 Å². The maximum absolute atomic E-state index is 12.3. The van der Waals surface area contributed by atoms with Crippen molar-refractivity contribution in [1.29, 1.82) is 0 Å². The van der Waals surface area contributed by atoms with Crippen LogP contribution in [0.3, 0.4) is 0 Å². The van der Waals surface area contributed by atoms with Crippen LogP contribution in [-0.4, -0.2) is 47.8 Å². The number of fused-ring (bicyclic) bond motifs is 2. The first-order chi connectivity index (χ1) is 14.5. The molecule has 2 heterocycles. The zero-order valence-corrected chi connectivity index (χ0v) is 16.1. The summed E-state index contributed by atoms with van der Waals surface area (Å²) < 4.78 is 10.7. The molecule has 154 valence electrons. The van der Waals surface area contributed by atoms with Gasteiger partial charge in [0, 0.05) is 6.54 Å². The van der Waals surface area contributed by atoms with Gasteiger partial charge in [0.2, 0.25) is 0 Å². The summed E-state index contributed by atoms with van der Waals surface area (Å²) in [6.45, 7) is 0.391. The monoisotopic (exact) mass is 408 g/mol. The summed E-state index contributed by atoms with van der Waals surface area (Å²) in [5, 5.41) is 2.70. The minimum Gasteiger partial charge on any atom is -0.478 e. The van der Waals surface area contributed by atoms with Crippen LogP contribution in [0.4, 0.5) is 5.69 Å².